The molecule has 2 aromatic heterocycles. The average Bonchev–Trinajstić information content (AvgIpc) is 3.35. The summed E-state index contributed by atoms with van der Waals surface area (Å²) in [6, 6.07) is -0.811. The third-order valence-corrected chi connectivity index (χ3v) is 12.2. The lowest BCUT2D eigenvalue weighted by Crippen LogP contribution is -2.53. The highest BCUT2D eigenvalue weighted by atomic mass is 35.5. The first-order valence-corrected chi connectivity index (χ1v) is 16.0. The normalized spacial score (nSPS) is 26.1. The molecule has 206 valence electrons. The van der Waals surface area contributed by atoms with E-state index in [0.29, 0.717) is 24.3 Å². The molecule has 4 atom stereocenters. The maximum atomic E-state index is 13.7. The number of halogens is 1. The first-order chi connectivity index (χ1) is 16.9. The van der Waals surface area contributed by atoms with Gasteiger partial charge in [0, 0.05) is 6.54 Å². The topological polar surface area (TPSA) is 101 Å². The number of aromatic nitrogens is 4. The van der Waals surface area contributed by atoms with Gasteiger partial charge in [-0.1, -0.05) is 32.4 Å². The van der Waals surface area contributed by atoms with E-state index in [2.05, 4.69) is 48.8 Å². The summed E-state index contributed by atoms with van der Waals surface area (Å²) in [5.74, 6) is -0.800. The zero-order valence-corrected chi connectivity index (χ0v) is 25.3. The van der Waals surface area contributed by atoms with Gasteiger partial charge in [0.1, 0.15) is 29.7 Å². The maximum Gasteiger partial charge on any atom is 0.411 e. The molecule has 0 bridgehead atoms. The summed E-state index contributed by atoms with van der Waals surface area (Å²) in [5, 5.41) is 0.293. The lowest BCUT2D eigenvalue weighted by atomic mass is 10.1. The number of hydrogen-bond donors (Lipinski definition) is 0. The van der Waals surface area contributed by atoms with Crippen molar-refractivity contribution in [2.24, 2.45) is 0 Å². The van der Waals surface area contributed by atoms with Crippen LogP contribution in [-0.4, -0.2) is 81.1 Å². The lowest BCUT2D eigenvalue weighted by Gasteiger charge is -2.40. The van der Waals surface area contributed by atoms with Crippen LogP contribution in [0.5, 0.6) is 0 Å². The van der Waals surface area contributed by atoms with Crippen LogP contribution in [0, 0.1) is 0 Å². The molecule has 1 amide bonds. The summed E-state index contributed by atoms with van der Waals surface area (Å²) >= 11 is 6.24. The number of hydrogen-bond acceptors (Lipinski definition) is 8. The lowest BCUT2D eigenvalue weighted by molar-refractivity contribution is -0.169. The number of imidazole rings is 1. The summed E-state index contributed by atoms with van der Waals surface area (Å²) in [6.07, 6.45) is 1.85. The van der Waals surface area contributed by atoms with Gasteiger partial charge in [-0.15, -0.1) is 0 Å². The molecule has 0 radical (unpaired) electrons. The van der Waals surface area contributed by atoms with Crippen molar-refractivity contribution in [1.29, 1.82) is 0 Å². The van der Waals surface area contributed by atoms with Gasteiger partial charge in [0.2, 0.25) is 0 Å². The van der Waals surface area contributed by atoms with Gasteiger partial charge < -0.3 is 23.2 Å². The van der Waals surface area contributed by atoms with Gasteiger partial charge in [-0.05, 0) is 52.8 Å². The summed E-state index contributed by atoms with van der Waals surface area (Å²) in [4.78, 5) is 28.3. The zero-order chi connectivity index (χ0) is 27.6. The molecule has 2 aromatic rings. The van der Waals surface area contributed by atoms with Gasteiger partial charge in [-0.25, -0.2) is 19.7 Å². The highest BCUT2D eigenvalue weighted by molar-refractivity contribution is 6.74. The number of carbonyl (C=O) groups is 1. The Bertz CT molecular complexity index is 1160. The van der Waals surface area contributed by atoms with E-state index < -0.39 is 44.0 Å². The van der Waals surface area contributed by atoms with Crippen LogP contribution in [-0.2, 0) is 25.2 Å². The molecule has 0 saturated carbocycles. The fraction of sp³-hybridized carbons (Fsp3) is 0.760. The van der Waals surface area contributed by atoms with E-state index in [9.17, 15) is 4.79 Å². The van der Waals surface area contributed by atoms with Crippen LogP contribution in [0.2, 0.25) is 23.3 Å². The van der Waals surface area contributed by atoms with Crippen molar-refractivity contribution in [2.75, 3.05) is 6.61 Å². The van der Waals surface area contributed by atoms with Crippen molar-refractivity contribution in [2.45, 2.75) is 116 Å². The highest BCUT2D eigenvalue weighted by Gasteiger charge is 2.60. The van der Waals surface area contributed by atoms with Gasteiger partial charge in [-0.3, -0.25) is 4.90 Å². The zero-order valence-electron chi connectivity index (χ0n) is 23.5. The number of likely N-dealkylation sites (tertiary alicyclic amines) is 1. The number of ether oxygens (including phenoxy) is 3. The molecule has 0 unspecified atom stereocenters. The van der Waals surface area contributed by atoms with Crippen molar-refractivity contribution in [3.05, 3.63) is 17.8 Å². The van der Waals surface area contributed by atoms with Gasteiger partial charge in [-0.2, -0.15) is 0 Å². The number of rotatable bonds is 5. The molecule has 0 aromatic carbocycles. The minimum absolute atomic E-state index is 0.0160. The first kappa shape index (κ1) is 28.2. The molecule has 2 aliphatic rings. The summed E-state index contributed by atoms with van der Waals surface area (Å²) in [5.41, 5.74) is 0.414. The summed E-state index contributed by atoms with van der Waals surface area (Å²) < 4.78 is 27.2. The monoisotopic (exact) mass is 553 g/mol. The highest BCUT2D eigenvalue weighted by Crippen LogP contribution is 2.43. The molecule has 12 heteroatoms. The van der Waals surface area contributed by atoms with Gasteiger partial charge in [0.15, 0.2) is 24.9 Å². The Morgan fingerprint density at radius 3 is 2.30 bits per heavy atom. The van der Waals surface area contributed by atoms with Crippen LogP contribution in [0.25, 0.3) is 11.2 Å². The van der Waals surface area contributed by atoms with E-state index in [1.165, 1.54) is 6.33 Å². The Morgan fingerprint density at radius 2 is 1.70 bits per heavy atom. The van der Waals surface area contributed by atoms with Crippen molar-refractivity contribution in [3.8, 4) is 0 Å². The standard InChI is InChI=1S/C25H40ClN5O5Si/c1-23(2,3)36-22(32)31-15(11-30-14-29-17-20(26)27-13-28-21(17)30)18-19(35-25(7,8)34-18)16(31)12-33-37(9,10)24(4,5)6/h13-16,18-19H,11-12H2,1-10H3/t15-,16+,18-,19+/m0/s1. The van der Waals surface area contributed by atoms with Crippen LogP contribution in [0.4, 0.5) is 4.79 Å². The smallest absolute Gasteiger partial charge is 0.411 e. The predicted octanol–water partition coefficient (Wildman–Crippen LogP) is 5.01. The van der Waals surface area contributed by atoms with Crippen molar-refractivity contribution in [1.82, 2.24) is 24.4 Å². The van der Waals surface area contributed by atoms with Gasteiger partial charge >= 0.3 is 6.09 Å². The number of amides is 1. The minimum Gasteiger partial charge on any atom is -0.444 e. The van der Waals surface area contributed by atoms with Crippen molar-refractivity contribution in [3.63, 3.8) is 0 Å². The number of carbonyl (C=O) groups excluding carboxylic acids is 1. The SMILES string of the molecule is CC(C)(C)OC(=O)N1[C@H](CO[Si](C)(C)C(C)(C)C)[C@H]2OC(C)(C)O[C@H]2[C@@H]1Cn1cnc2c(Cl)ncnc21. The second kappa shape index (κ2) is 9.44. The van der Waals surface area contributed by atoms with E-state index in [1.54, 1.807) is 11.2 Å². The number of fused-ring (bicyclic) bond motifs is 2. The van der Waals surface area contributed by atoms with E-state index >= 15 is 0 Å². The van der Waals surface area contributed by atoms with E-state index in [1.807, 2.05) is 39.2 Å². The van der Waals surface area contributed by atoms with E-state index in [0.717, 1.165) is 0 Å². The fourth-order valence-electron chi connectivity index (χ4n) is 4.62. The second-order valence-electron chi connectivity index (χ2n) is 12.9. The van der Waals surface area contributed by atoms with Crippen LogP contribution >= 0.6 is 11.6 Å². The second-order valence-corrected chi connectivity index (χ2v) is 18.1. The van der Waals surface area contributed by atoms with Gasteiger partial charge in [0.05, 0.1) is 25.0 Å². The van der Waals surface area contributed by atoms with Crippen molar-refractivity contribution >= 4 is 37.2 Å². The summed E-state index contributed by atoms with van der Waals surface area (Å²) in [6.45, 7) is 21.0. The Kier molecular flexibility index (Phi) is 7.20. The minimum atomic E-state index is -2.11. The molecule has 37 heavy (non-hydrogen) atoms. The molecule has 2 saturated heterocycles. The number of nitrogens with zero attached hydrogens (tertiary/aromatic N) is 5. The molecule has 0 N–H and O–H groups in total. The fourth-order valence-corrected chi connectivity index (χ4v) is 5.82. The maximum absolute atomic E-state index is 13.7. The first-order valence-electron chi connectivity index (χ1n) is 12.7. The van der Waals surface area contributed by atoms with E-state index in [-0.39, 0.29) is 16.3 Å². The molecule has 10 nitrogen and oxygen atoms in total. The Labute approximate surface area is 225 Å². The van der Waals surface area contributed by atoms with Crippen LogP contribution in [0.1, 0.15) is 55.4 Å². The molecular weight excluding hydrogens is 514 g/mol. The van der Waals surface area contributed by atoms with Crippen LogP contribution < -0.4 is 0 Å². The quantitative estimate of drug-likeness (QED) is 0.376. The molecular formula is C25H40ClN5O5Si. The average molecular weight is 554 g/mol. The molecule has 2 fully saturated rings. The molecule has 0 spiro atoms. The van der Waals surface area contributed by atoms with E-state index in [4.69, 9.17) is 30.2 Å². The largest absolute Gasteiger partial charge is 0.444 e. The van der Waals surface area contributed by atoms with Gasteiger partial charge in [0.25, 0.3) is 0 Å². The third-order valence-electron chi connectivity index (χ3n) is 7.40. The Morgan fingerprint density at radius 1 is 1.08 bits per heavy atom. The molecule has 2 aliphatic heterocycles. The van der Waals surface area contributed by atoms with Crippen molar-refractivity contribution < 1.29 is 23.4 Å². The Hall–Kier alpha value is -1.79. The van der Waals surface area contributed by atoms with Crippen LogP contribution in [0.3, 0.4) is 0 Å². The Balaban J connectivity index is 1.73. The molecule has 4 rings (SSSR count). The molecule has 4 heterocycles. The van der Waals surface area contributed by atoms with Crippen LogP contribution in [0.15, 0.2) is 12.7 Å². The third kappa shape index (κ3) is 5.66. The summed E-state index contributed by atoms with van der Waals surface area (Å²) in [7, 11) is -2.11. The molecule has 0 aliphatic carbocycles. The predicted molar refractivity (Wildman–Crippen MR) is 143 cm³/mol.